The lowest BCUT2D eigenvalue weighted by molar-refractivity contribution is -0.151. The number of fused-ring (bicyclic) bond motifs is 1. The summed E-state index contributed by atoms with van der Waals surface area (Å²) in [5, 5.41) is 2.78. The van der Waals surface area contributed by atoms with Crippen molar-refractivity contribution in [2.24, 2.45) is 5.92 Å². The predicted octanol–water partition coefficient (Wildman–Crippen LogP) is 1.95. The fraction of sp³-hybridized carbons (Fsp3) is 0.438. The summed E-state index contributed by atoms with van der Waals surface area (Å²) in [7, 11) is 0. The Morgan fingerprint density at radius 3 is 2.73 bits per heavy atom. The van der Waals surface area contributed by atoms with Crippen LogP contribution >= 0.6 is 0 Å². The SMILES string of the molecule is CC(C)C(=O)OCC(=O)N1c2ccccc2NC(=O)C[C@@H]1C. The second kappa shape index (κ2) is 6.60. The molecule has 1 atom stereocenters. The molecule has 0 spiro atoms. The first-order valence-electron chi connectivity index (χ1n) is 7.27. The molecule has 0 radical (unpaired) electrons. The van der Waals surface area contributed by atoms with Crippen LogP contribution in [0.25, 0.3) is 0 Å². The van der Waals surface area contributed by atoms with Crippen LogP contribution in [0, 0.1) is 5.92 Å². The second-order valence-corrected chi connectivity index (χ2v) is 5.64. The van der Waals surface area contributed by atoms with E-state index in [9.17, 15) is 14.4 Å². The number of nitrogens with one attached hydrogen (secondary N) is 1. The van der Waals surface area contributed by atoms with E-state index in [4.69, 9.17) is 4.74 Å². The Morgan fingerprint density at radius 1 is 1.36 bits per heavy atom. The molecular weight excluding hydrogens is 284 g/mol. The van der Waals surface area contributed by atoms with Gasteiger partial charge in [-0.15, -0.1) is 0 Å². The first kappa shape index (κ1) is 16.0. The number of benzene rings is 1. The van der Waals surface area contributed by atoms with Crippen molar-refractivity contribution in [2.75, 3.05) is 16.8 Å². The molecule has 6 heteroatoms. The third kappa shape index (κ3) is 3.44. The number of amides is 2. The lowest BCUT2D eigenvalue weighted by atomic mass is 10.1. The van der Waals surface area contributed by atoms with Gasteiger partial charge in [0.25, 0.3) is 5.91 Å². The Balaban J connectivity index is 2.22. The van der Waals surface area contributed by atoms with Gasteiger partial charge in [0.05, 0.1) is 17.3 Å². The van der Waals surface area contributed by atoms with E-state index in [0.717, 1.165) is 0 Å². The van der Waals surface area contributed by atoms with E-state index in [-0.39, 0.29) is 36.8 Å². The molecule has 0 saturated heterocycles. The van der Waals surface area contributed by atoms with Gasteiger partial charge in [-0.1, -0.05) is 26.0 Å². The van der Waals surface area contributed by atoms with Gasteiger partial charge in [0.15, 0.2) is 6.61 Å². The molecule has 0 saturated carbocycles. The average molecular weight is 304 g/mol. The zero-order chi connectivity index (χ0) is 16.3. The van der Waals surface area contributed by atoms with Gasteiger partial charge in [0.2, 0.25) is 5.91 Å². The van der Waals surface area contributed by atoms with Crippen LogP contribution in [0.2, 0.25) is 0 Å². The summed E-state index contributed by atoms with van der Waals surface area (Å²) >= 11 is 0. The quantitative estimate of drug-likeness (QED) is 0.866. The maximum Gasteiger partial charge on any atom is 0.308 e. The largest absolute Gasteiger partial charge is 0.455 e. The van der Waals surface area contributed by atoms with Crippen molar-refractivity contribution >= 4 is 29.2 Å². The summed E-state index contributed by atoms with van der Waals surface area (Å²) in [5.74, 6) is -1.19. The molecule has 2 rings (SSSR count). The molecule has 1 aliphatic heterocycles. The summed E-state index contributed by atoms with van der Waals surface area (Å²) in [4.78, 5) is 37.3. The zero-order valence-electron chi connectivity index (χ0n) is 13.0. The molecule has 0 bridgehead atoms. The van der Waals surface area contributed by atoms with Crippen LogP contribution in [0.1, 0.15) is 27.2 Å². The maximum atomic E-state index is 12.5. The number of nitrogens with zero attached hydrogens (tertiary/aromatic N) is 1. The van der Waals surface area contributed by atoms with Gasteiger partial charge < -0.3 is 15.0 Å². The van der Waals surface area contributed by atoms with E-state index < -0.39 is 5.97 Å². The Hall–Kier alpha value is -2.37. The van der Waals surface area contributed by atoms with Crippen molar-refractivity contribution in [3.8, 4) is 0 Å². The molecule has 0 aromatic heterocycles. The number of carbonyl (C=O) groups is 3. The number of carbonyl (C=O) groups excluding carboxylic acids is 3. The van der Waals surface area contributed by atoms with E-state index in [0.29, 0.717) is 11.4 Å². The second-order valence-electron chi connectivity index (χ2n) is 5.64. The Bertz CT molecular complexity index is 598. The van der Waals surface area contributed by atoms with Crippen LogP contribution in [0.4, 0.5) is 11.4 Å². The minimum absolute atomic E-state index is 0.144. The number of hydrogen-bond acceptors (Lipinski definition) is 4. The monoisotopic (exact) mass is 304 g/mol. The summed E-state index contributed by atoms with van der Waals surface area (Å²) < 4.78 is 5.01. The van der Waals surface area contributed by atoms with Gasteiger partial charge in [-0.05, 0) is 19.1 Å². The number of para-hydroxylation sites is 2. The first-order valence-corrected chi connectivity index (χ1v) is 7.27. The Kier molecular flexibility index (Phi) is 4.80. The number of esters is 1. The van der Waals surface area contributed by atoms with Gasteiger partial charge in [0.1, 0.15) is 0 Å². The Morgan fingerprint density at radius 2 is 2.05 bits per heavy atom. The molecule has 0 aliphatic carbocycles. The minimum Gasteiger partial charge on any atom is -0.455 e. The van der Waals surface area contributed by atoms with Crippen molar-refractivity contribution in [1.82, 2.24) is 0 Å². The topological polar surface area (TPSA) is 75.7 Å². The normalized spacial score (nSPS) is 17.5. The van der Waals surface area contributed by atoms with Gasteiger partial charge in [-0.25, -0.2) is 0 Å². The van der Waals surface area contributed by atoms with E-state index in [1.54, 1.807) is 45.0 Å². The van der Waals surface area contributed by atoms with Crippen molar-refractivity contribution in [2.45, 2.75) is 33.2 Å². The van der Waals surface area contributed by atoms with Crippen molar-refractivity contribution in [3.63, 3.8) is 0 Å². The molecular formula is C16H20N2O4. The standard InChI is InChI=1S/C16H20N2O4/c1-10(2)16(21)22-9-15(20)18-11(3)8-14(19)17-12-6-4-5-7-13(12)18/h4-7,10-11H,8-9H2,1-3H3,(H,17,19)/t11-/m0/s1. The van der Waals surface area contributed by atoms with E-state index >= 15 is 0 Å². The van der Waals surface area contributed by atoms with Gasteiger partial charge in [-0.2, -0.15) is 0 Å². The average Bonchev–Trinajstić information content (AvgIpc) is 2.58. The van der Waals surface area contributed by atoms with Crippen LogP contribution in [0.15, 0.2) is 24.3 Å². The maximum absolute atomic E-state index is 12.5. The van der Waals surface area contributed by atoms with Gasteiger partial charge in [-0.3, -0.25) is 14.4 Å². The third-order valence-corrected chi connectivity index (χ3v) is 3.44. The fourth-order valence-corrected chi connectivity index (χ4v) is 2.34. The van der Waals surface area contributed by atoms with E-state index in [1.807, 2.05) is 0 Å². The number of ether oxygens (including phenoxy) is 1. The Labute approximate surface area is 129 Å². The molecule has 1 heterocycles. The first-order chi connectivity index (χ1) is 10.4. The smallest absolute Gasteiger partial charge is 0.308 e. The highest BCUT2D eigenvalue weighted by Crippen LogP contribution is 2.31. The van der Waals surface area contributed by atoms with Crippen LogP contribution < -0.4 is 10.2 Å². The summed E-state index contributed by atoms with van der Waals surface area (Å²) in [6.45, 7) is 4.88. The van der Waals surface area contributed by atoms with Crippen LogP contribution in [-0.2, 0) is 19.1 Å². The summed E-state index contributed by atoms with van der Waals surface area (Å²) in [6, 6.07) is 6.78. The molecule has 0 fully saturated rings. The lowest BCUT2D eigenvalue weighted by Gasteiger charge is -2.27. The third-order valence-electron chi connectivity index (χ3n) is 3.44. The summed E-state index contributed by atoms with van der Waals surface area (Å²) in [6.07, 6.45) is 0.193. The molecule has 0 unspecified atom stereocenters. The fourth-order valence-electron chi connectivity index (χ4n) is 2.34. The number of anilines is 2. The van der Waals surface area contributed by atoms with Crippen molar-refractivity contribution in [3.05, 3.63) is 24.3 Å². The van der Waals surface area contributed by atoms with Crippen LogP contribution in [0.3, 0.4) is 0 Å². The van der Waals surface area contributed by atoms with Crippen molar-refractivity contribution < 1.29 is 19.1 Å². The lowest BCUT2D eigenvalue weighted by Crippen LogP contribution is -2.41. The number of hydrogen-bond donors (Lipinski definition) is 1. The molecule has 1 aromatic rings. The summed E-state index contributed by atoms with van der Waals surface area (Å²) in [5.41, 5.74) is 1.20. The molecule has 1 aliphatic rings. The molecule has 6 nitrogen and oxygen atoms in total. The molecule has 1 N–H and O–H groups in total. The molecule has 1 aromatic carbocycles. The van der Waals surface area contributed by atoms with Crippen LogP contribution in [-0.4, -0.2) is 30.4 Å². The predicted molar refractivity (Wildman–Crippen MR) is 82.4 cm³/mol. The van der Waals surface area contributed by atoms with E-state index in [2.05, 4.69) is 5.32 Å². The van der Waals surface area contributed by atoms with E-state index in [1.165, 1.54) is 4.90 Å². The van der Waals surface area contributed by atoms with Gasteiger partial charge >= 0.3 is 5.97 Å². The molecule has 118 valence electrons. The van der Waals surface area contributed by atoms with Crippen LogP contribution in [0.5, 0.6) is 0 Å². The van der Waals surface area contributed by atoms with Gasteiger partial charge in [0, 0.05) is 12.5 Å². The molecule has 22 heavy (non-hydrogen) atoms. The highest BCUT2D eigenvalue weighted by molar-refractivity contribution is 6.05. The minimum atomic E-state index is -0.418. The molecule has 2 amide bonds. The highest BCUT2D eigenvalue weighted by Gasteiger charge is 2.30. The zero-order valence-corrected chi connectivity index (χ0v) is 13.0. The van der Waals surface area contributed by atoms with Crippen molar-refractivity contribution in [1.29, 1.82) is 0 Å². The number of rotatable bonds is 3. The highest BCUT2D eigenvalue weighted by atomic mass is 16.5.